The number of carbonyl (C=O) groups excluding carboxylic acids is 3. The van der Waals surface area contributed by atoms with Gasteiger partial charge in [-0.25, -0.2) is 0 Å². The molecular formula is C6H9N2O4-. The molecule has 0 rings (SSSR count). The first kappa shape index (κ1) is 10.4. The molecular weight excluding hydrogens is 164 g/mol. The van der Waals surface area contributed by atoms with Crippen LogP contribution < -0.4 is 16.2 Å². The Morgan fingerprint density at radius 3 is 2.50 bits per heavy atom. The number of nitrogens with two attached hydrogens (primary N) is 1. The number of nitrogens with one attached hydrogen (secondary N) is 1. The van der Waals surface area contributed by atoms with E-state index in [1.807, 2.05) is 5.32 Å². The van der Waals surface area contributed by atoms with Crippen molar-refractivity contribution < 1.29 is 19.5 Å². The molecule has 0 aromatic carbocycles. The molecule has 12 heavy (non-hydrogen) atoms. The maximum absolute atomic E-state index is 10.2. The molecule has 6 nitrogen and oxygen atoms in total. The third kappa shape index (κ3) is 4.26. The van der Waals surface area contributed by atoms with Crippen molar-refractivity contribution in [3.8, 4) is 0 Å². The molecule has 6 heteroatoms. The number of rotatable bonds is 6. The van der Waals surface area contributed by atoms with Crippen molar-refractivity contribution in [2.24, 2.45) is 5.73 Å². The summed E-state index contributed by atoms with van der Waals surface area (Å²) in [6, 6.07) is -1.14. The lowest BCUT2D eigenvalue weighted by Crippen LogP contribution is -2.45. The fraction of sp³-hybridized carbons (Fsp3) is 0.500. The smallest absolute Gasteiger partial charge is 0.217 e. The topological polar surface area (TPSA) is 112 Å². The summed E-state index contributed by atoms with van der Waals surface area (Å²) in [5.41, 5.74) is 4.77. The van der Waals surface area contributed by atoms with Gasteiger partial charge >= 0.3 is 0 Å². The highest BCUT2D eigenvalue weighted by atomic mass is 16.4. The normalized spacial score (nSPS) is 11.7. The Labute approximate surface area is 68.7 Å². The molecule has 0 unspecified atom stereocenters. The van der Waals surface area contributed by atoms with Crippen molar-refractivity contribution in [1.82, 2.24) is 5.32 Å². The lowest BCUT2D eigenvalue weighted by atomic mass is 10.1. The summed E-state index contributed by atoms with van der Waals surface area (Å²) in [7, 11) is 0. The van der Waals surface area contributed by atoms with Crippen molar-refractivity contribution in [3.63, 3.8) is 0 Å². The van der Waals surface area contributed by atoms with E-state index in [1.165, 1.54) is 0 Å². The molecule has 0 fully saturated rings. The molecule has 1 atom stereocenters. The summed E-state index contributed by atoms with van der Waals surface area (Å²) < 4.78 is 0. The minimum absolute atomic E-state index is 0.0452. The molecule has 0 aliphatic carbocycles. The molecule has 0 bridgehead atoms. The molecule has 0 heterocycles. The van der Waals surface area contributed by atoms with Crippen molar-refractivity contribution in [2.45, 2.75) is 18.9 Å². The van der Waals surface area contributed by atoms with E-state index in [4.69, 9.17) is 5.73 Å². The van der Waals surface area contributed by atoms with Gasteiger partial charge in [0, 0.05) is 6.42 Å². The Kier molecular flexibility index (Phi) is 4.43. The number of carboxylic acid groups (broad SMARTS) is 1. The van der Waals surface area contributed by atoms with Crippen LogP contribution in [0.4, 0.5) is 0 Å². The number of carboxylic acids is 1. The second-order valence-corrected chi connectivity index (χ2v) is 2.16. The maximum atomic E-state index is 10.2. The fourth-order valence-electron chi connectivity index (χ4n) is 0.638. The molecule has 0 saturated carbocycles. The van der Waals surface area contributed by atoms with Crippen LogP contribution in [-0.2, 0) is 14.4 Å². The highest BCUT2D eigenvalue weighted by molar-refractivity contribution is 5.77. The van der Waals surface area contributed by atoms with Crippen LogP contribution in [0.25, 0.3) is 0 Å². The van der Waals surface area contributed by atoms with Crippen molar-refractivity contribution in [1.29, 1.82) is 0 Å². The van der Waals surface area contributed by atoms with Gasteiger partial charge < -0.3 is 21.0 Å². The third-order valence-corrected chi connectivity index (χ3v) is 1.23. The molecule has 0 spiro atoms. The zero-order valence-electron chi connectivity index (χ0n) is 6.28. The van der Waals surface area contributed by atoms with Gasteiger partial charge in [0.15, 0.2) is 0 Å². The van der Waals surface area contributed by atoms with Gasteiger partial charge in [-0.1, -0.05) is 0 Å². The van der Waals surface area contributed by atoms with Crippen molar-refractivity contribution in [3.05, 3.63) is 0 Å². The first-order valence-electron chi connectivity index (χ1n) is 3.26. The maximum Gasteiger partial charge on any atom is 0.217 e. The predicted octanol–water partition coefficient (Wildman–Crippen LogP) is -2.88. The summed E-state index contributed by atoms with van der Waals surface area (Å²) >= 11 is 0. The number of carbonyl (C=O) groups is 3. The lowest BCUT2D eigenvalue weighted by molar-refractivity contribution is -0.308. The summed E-state index contributed by atoms with van der Waals surface area (Å²) in [6.07, 6.45) is 0.0946. The van der Waals surface area contributed by atoms with Gasteiger partial charge in [-0.3, -0.25) is 9.59 Å². The van der Waals surface area contributed by atoms with Crippen LogP contribution in [0.5, 0.6) is 0 Å². The first-order valence-corrected chi connectivity index (χ1v) is 3.26. The summed E-state index contributed by atoms with van der Waals surface area (Å²) in [5.74, 6) is -2.04. The van der Waals surface area contributed by atoms with E-state index in [0.29, 0.717) is 0 Å². The quantitative estimate of drug-likeness (QED) is 0.420. The number of hydrogen-bond acceptors (Lipinski definition) is 4. The van der Waals surface area contributed by atoms with E-state index in [1.54, 1.807) is 0 Å². The lowest BCUT2D eigenvalue weighted by Gasteiger charge is -2.15. The average molecular weight is 173 g/mol. The van der Waals surface area contributed by atoms with E-state index in [-0.39, 0.29) is 19.3 Å². The van der Waals surface area contributed by atoms with Crippen LogP contribution >= 0.6 is 0 Å². The van der Waals surface area contributed by atoms with Crippen LogP contribution in [0.3, 0.4) is 0 Å². The largest absolute Gasteiger partial charge is 0.548 e. The van der Waals surface area contributed by atoms with E-state index < -0.39 is 17.9 Å². The van der Waals surface area contributed by atoms with E-state index in [9.17, 15) is 19.5 Å². The first-order chi connectivity index (χ1) is 5.57. The molecule has 68 valence electrons. The average Bonchev–Trinajstić information content (AvgIpc) is 1.96. The predicted molar refractivity (Wildman–Crippen MR) is 36.4 cm³/mol. The highest BCUT2D eigenvalue weighted by Gasteiger charge is 2.09. The number of primary amides is 1. The highest BCUT2D eigenvalue weighted by Crippen LogP contribution is 1.94. The van der Waals surface area contributed by atoms with Crippen molar-refractivity contribution >= 4 is 18.3 Å². The molecule has 3 N–H and O–H groups in total. The summed E-state index contributed by atoms with van der Waals surface area (Å²) in [6.45, 7) is 0. The zero-order chi connectivity index (χ0) is 9.56. The monoisotopic (exact) mass is 173 g/mol. The van der Waals surface area contributed by atoms with Crippen LogP contribution in [0.1, 0.15) is 12.8 Å². The van der Waals surface area contributed by atoms with Crippen LogP contribution in [0.2, 0.25) is 0 Å². The second kappa shape index (κ2) is 5.11. The molecule has 0 aliphatic heterocycles. The van der Waals surface area contributed by atoms with E-state index >= 15 is 0 Å². The molecule has 0 aliphatic rings. The Bertz CT molecular complexity index is 192. The van der Waals surface area contributed by atoms with E-state index in [0.717, 1.165) is 0 Å². The molecule has 0 radical (unpaired) electrons. The van der Waals surface area contributed by atoms with Gasteiger partial charge in [-0.15, -0.1) is 0 Å². The second-order valence-electron chi connectivity index (χ2n) is 2.16. The Morgan fingerprint density at radius 1 is 1.58 bits per heavy atom. The van der Waals surface area contributed by atoms with Gasteiger partial charge in [0.05, 0.1) is 12.0 Å². The zero-order valence-corrected chi connectivity index (χ0v) is 6.28. The van der Waals surface area contributed by atoms with Gasteiger partial charge in [0.25, 0.3) is 0 Å². The molecule has 2 amide bonds. The number of amides is 2. The molecule has 0 aromatic rings. The minimum atomic E-state index is -1.43. The van der Waals surface area contributed by atoms with Gasteiger partial charge in [-0.05, 0) is 6.42 Å². The van der Waals surface area contributed by atoms with Crippen LogP contribution in [-0.4, -0.2) is 24.3 Å². The SMILES string of the molecule is NC(=O)CC[C@@H](NC=O)C(=O)[O-]. The fourth-order valence-corrected chi connectivity index (χ4v) is 0.638. The number of hydrogen-bond donors (Lipinski definition) is 2. The van der Waals surface area contributed by atoms with Crippen LogP contribution in [0, 0.1) is 0 Å². The van der Waals surface area contributed by atoms with Gasteiger partial charge in [0.2, 0.25) is 12.3 Å². The van der Waals surface area contributed by atoms with Crippen LogP contribution in [0.15, 0.2) is 0 Å². The third-order valence-electron chi connectivity index (χ3n) is 1.23. The Hall–Kier alpha value is -1.59. The molecule has 0 aromatic heterocycles. The Morgan fingerprint density at radius 2 is 2.17 bits per heavy atom. The van der Waals surface area contributed by atoms with Gasteiger partial charge in [0.1, 0.15) is 0 Å². The molecule has 0 saturated heterocycles. The summed E-state index contributed by atoms with van der Waals surface area (Å²) in [5, 5.41) is 12.2. The van der Waals surface area contributed by atoms with E-state index in [2.05, 4.69) is 0 Å². The Balaban J connectivity index is 3.86. The number of aliphatic carboxylic acids is 1. The van der Waals surface area contributed by atoms with Gasteiger partial charge in [-0.2, -0.15) is 0 Å². The minimum Gasteiger partial charge on any atom is -0.548 e. The van der Waals surface area contributed by atoms with Crippen molar-refractivity contribution in [2.75, 3.05) is 0 Å². The summed E-state index contributed by atoms with van der Waals surface area (Å²) in [4.78, 5) is 30.3. The standard InChI is InChI=1S/C6H10N2O4/c7-5(10)2-1-4(6(11)12)8-3-9/h3-4H,1-2H2,(H2,7,10)(H,8,9)(H,11,12)/p-1/t4-/m1/s1.